The minimum absolute atomic E-state index is 0.238. The SMILES string of the molecule is N#Cc1cccc(Nc2cnc(C(=O)NCCc3ccc(Cl)cc3)cn2)c1. The first kappa shape index (κ1) is 18.4. The summed E-state index contributed by atoms with van der Waals surface area (Å²) in [6.07, 6.45) is 3.59. The second-order valence-corrected chi connectivity index (χ2v) is 6.17. The van der Waals surface area contributed by atoms with E-state index in [1.807, 2.05) is 30.3 Å². The molecule has 0 saturated carbocycles. The molecule has 27 heavy (non-hydrogen) atoms. The first-order chi connectivity index (χ1) is 13.1. The minimum atomic E-state index is -0.283. The summed E-state index contributed by atoms with van der Waals surface area (Å²) < 4.78 is 0. The summed E-state index contributed by atoms with van der Waals surface area (Å²) in [4.78, 5) is 20.5. The molecule has 3 aromatic rings. The number of nitriles is 1. The molecule has 2 N–H and O–H groups in total. The summed E-state index contributed by atoms with van der Waals surface area (Å²) in [5.74, 6) is 0.206. The zero-order chi connectivity index (χ0) is 19.1. The van der Waals surface area contributed by atoms with Crippen molar-refractivity contribution >= 4 is 29.0 Å². The van der Waals surface area contributed by atoms with Gasteiger partial charge in [0.15, 0.2) is 0 Å². The summed E-state index contributed by atoms with van der Waals surface area (Å²) in [6.45, 7) is 0.489. The van der Waals surface area contributed by atoms with Crippen LogP contribution in [0, 0.1) is 11.3 Å². The van der Waals surface area contributed by atoms with Gasteiger partial charge in [-0.05, 0) is 42.3 Å². The number of carbonyl (C=O) groups is 1. The lowest BCUT2D eigenvalue weighted by molar-refractivity contribution is 0.0949. The summed E-state index contributed by atoms with van der Waals surface area (Å²) >= 11 is 5.85. The molecule has 0 radical (unpaired) electrons. The smallest absolute Gasteiger partial charge is 0.271 e. The van der Waals surface area contributed by atoms with Crippen LogP contribution in [0.5, 0.6) is 0 Å². The zero-order valence-electron chi connectivity index (χ0n) is 14.3. The highest BCUT2D eigenvalue weighted by Gasteiger charge is 2.08. The van der Waals surface area contributed by atoms with E-state index in [1.165, 1.54) is 12.4 Å². The Morgan fingerprint density at radius 2 is 1.93 bits per heavy atom. The third-order valence-corrected chi connectivity index (χ3v) is 4.01. The van der Waals surface area contributed by atoms with Crippen LogP contribution in [0.3, 0.4) is 0 Å². The molecule has 7 heteroatoms. The molecule has 0 aliphatic carbocycles. The molecule has 0 bridgehead atoms. The van der Waals surface area contributed by atoms with Crippen LogP contribution in [0.2, 0.25) is 5.02 Å². The number of nitrogens with zero attached hydrogens (tertiary/aromatic N) is 3. The van der Waals surface area contributed by atoms with Gasteiger partial charge in [-0.1, -0.05) is 29.8 Å². The van der Waals surface area contributed by atoms with Crippen molar-refractivity contribution in [2.45, 2.75) is 6.42 Å². The van der Waals surface area contributed by atoms with Crippen LogP contribution >= 0.6 is 11.6 Å². The quantitative estimate of drug-likeness (QED) is 0.683. The highest BCUT2D eigenvalue weighted by Crippen LogP contribution is 2.15. The molecule has 0 unspecified atom stereocenters. The number of rotatable bonds is 6. The second kappa shape index (κ2) is 8.79. The maximum atomic E-state index is 12.2. The Morgan fingerprint density at radius 1 is 1.11 bits per heavy atom. The van der Waals surface area contributed by atoms with Crippen LogP contribution < -0.4 is 10.6 Å². The van der Waals surface area contributed by atoms with Crippen molar-refractivity contribution in [3.05, 3.63) is 82.8 Å². The largest absolute Gasteiger partial charge is 0.350 e. The number of nitrogens with one attached hydrogen (secondary N) is 2. The summed E-state index contributed by atoms with van der Waals surface area (Å²) in [6, 6.07) is 16.6. The molecule has 1 amide bonds. The van der Waals surface area contributed by atoms with Gasteiger partial charge in [0.1, 0.15) is 11.5 Å². The van der Waals surface area contributed by atoms with Gasteiger partial charge in [0, 0.05) is 17.3 Å². The number of hydrogen-bond donors (Lipinski definition) is 2. The Hall–Kier alpha value is -3.43. The van der Waals surface area contributed by atoms with Crippen molar-refractivity contribution in [3.8, 4) is 6.07 Å². The molecule has 0 spiro atoms. The van der Waals surface area contributed by atoms with E-state index in [0.29, 0.717) is 29.4 Å². The van der Waals surface area contributed by atoms with Gasteiger partial charge in [-0.3, -0.25) is 4.79 Å². The number of anilines is 2. The van der Waals surface area contributed by atoms with Gasteiger partial charge >= 0.3 is 0 Å². The fourth-order valence-corrected chi connectivity index (χ4v) is 2.51. The molecule has 0 atom stereocenters. The van der Waals surface area contributed by atoms with Gasteiger partial charge in [0.05, 0.1) is 24.0 Å². The normalized spacial score (nSPS) is 10.1. The number of amides is 1. The van der Waals surface area contributed by atoms with Gasteiger partial charge < -0.3 is 10.6 Å². The highest BCUT2D eigenvalue weighted by molar-refractivity contribution is 6.30. The van der Waals surface area contributed by atoms with Gasteiger partial charge in [0.2, 0.25) is 0 Å². The van der Waals surface area contributed by atoms with E-state index in [-0.39, 0.29) is 11.6 Å². The highest BCUT2D eigenvalue weighted by atomic mass is 35.5. The molecule has 0 saturated heterocycles. The first-order valence-corrected chi connectivity index (χ1v) is 8.64. The lowest BCUT2D eigenvalue weighted by Gasteiger charge is -2.07. The fraction of sp³-hybridized carbons (Fsp3) is 0.100. The molecular formula is C20H16ClN5O. The second-order valence-electron chi connectivity index (χ2n) is 5.74. The predicted molar refractivity (Wildman–Crippen MR) is 104 cm³/mol. The van der Waals surface area contributed by atoms with Crippen LogP contribution in [-0.4, -0.2) is 22.4 Å². The van der Waals surface area contributed by atoms with Crippen LogP contribution in [0.1, 0.15) is 21.6 Å². The predicted octanol–water partition coefficient (Wildman–Crippen LogP) is 3.72. The van der Waals surface area contributed by atoms with Gasteiger partial charge in [-0.15, -0.1) is 0 Å². The van der Waals surface area contributed by atoms with Gasteiger partial charge in [-0.2, -0.15) is 5.26 Å². The van der Waals surface area contributed by atoms with E-state index >= 15 is 0 Å². The van der Waals surface area contributed by atoms with Crippen molar-refractivity contribution < 1.29 is 4.79 Å². The third-order valence-electron chi connectivity index (χ3n) is 3.76. The number of aromatic nitrogens is 2. The molecular weight excluding hydrogens is 362 g/mol. The maximum Gasteiger partial charge on any atom is 0.271 e. The Balaban J connectivity index is 1.53. The molecule has 3 rings (SSSR count). The van der Waals surface area contributed by atoms with Crippen LogP contribution in [0.25, 0.3) is 0 Å². The van der Waals surface area contributed by atoms with Crippen LogP contribution in [0.4, 0.5) is 11.5 Å². The molecule has 0 fully saturated rings. The van der Waals surface area contributed by atoms with Gasteiger partial charge in [-0.25, -0.2) is 9.97 Å². The third kappa shape index (κ3) is 5.27. The monoisotopic (exact) mass is 377 g/mol. The van der Waals surface area contributed by atoms with Crippen LogP contribution in [-0.2, 0) is 6.42 Å². The topological polar surface area (TPSA) is 90.7 Å². The maximum absolute atomic E-state index is 12.2. The minimum Gasteiger partial charge on any atom is -0.350 e. The lowest BCUT2D eigenvalue weighted by Crippen LogP contribution is -2.26. The van der Waals surface area contributed by atoms with E-state index in [4.69, 9.17) is 16.9 Å². The van der Waals surface area contributed by atoms with Crippen molar-refractivity contribution in [2.75, 3.05) is 11.9 Å². The van der Waals surface area contributed by atoms with Crippen molar-refractivity contribution in [3.63, 3.8) is 0 Å². The molecule has 1 aromatic heterocycles. The molecule has 134 valence electrons. The number of carbonyl (C=O) groups excluding carboxylic acids is 1. The molecule has 2 aromatic carbocycles. The number of hydrogen-bond acceptors (Lipinski definition) is 5. The van der Waals surface area contributed by atoms with Crippen molar-refractivity contribution in [1.82, 2.24) is 15.3 Å². The lowest BCUT2D eigenvalue weighted by atomic mass is 10.1. The number of halogens is 1. The van der Waals surface area contributed by atoms with Gasteiger partial charge in [0.25, 0.3) is 5.91 Å². The summed E-state index contributed by atoms with van der Waals surface area (Å²) in [5.41, 5.74) is 2.60. The van der Waals surface area contributed by atoms with Crippen molar-refractivity contribution in [2.24, 2.45) is 0 Å². The Labute approximate surface area is 161 Å². The average molecular weight is 378 g/mol. The standard InChI is InChI=1S/C20H16ClN5O/c21-16-6-4-14(5-7-16)8-9-23-20(27)18-12-25-19(13-24-18)26-17-3-1-2-15(10-17)11-22/h1-7,10,12-13H,8-9H2,(H,23,27)(H,25,26). The molecule has 0 aliphatic rings. The Bertz CT molecular complexity index is 965. The molecule has 0 aliphatic heterocycles. The fourth-order valence-electron chi connectivity index (χ4n) is 2.39. The van der Waals surface area contributed by atoms with Crippen molar-refractivity contribution in [1.29, 1.82) is 5.26 Å². The van der Waals surface area contributed by atoms with E-state index in [9.17, 15) is 4.79 Å². The van der Waals surface area contributed by atoms with E-state index in [0.717, 1.165) is 11.3 Å². The van der Waals surface area contributed by atoms with E-state index in [2.05, 4.69) is 26.7 Å². The Kier molecular flexibility index (Phi) is 5.98. The zero-order valence-corrected chi connectivity index (χ0v) is 15.1. The van der Waals surface area contributed by atoms with E-state index < -0.39 is 0 Å². The first-order valence-electron chi connectivity index (χ1n) is 8.26. The average Bonchev–Trinajstić information content (AvgIpc) is 2.70. The van der Waals surface area contributed by atoms with E-state index in [1.54, 1.807) is 18.2 Å². The van der Waals surface area contributed by atoms with Crippen LogP contribution in [0.15, 0.2) is 60.9 Å². The molecule has 6 nitrogen and oxygen atoms in total. The summed E-state index contributed by atoms with van der Waals surface area (Å²) in [5, 5.41) is 15.5. The molecule has 1 heterocycles. The Morgan fingerprint density at radius 3 is 2.63 bits per heavy atom. The number of benzene rings is 2. The summed E-state index contributed by atoms with van der Waals surface area (Å²) in [7, 11) is 0.